The van der Waals surface area contributed by atoms with Crippen molar-refractivity contribution in [2.75, 3.05) is 19.7 Å². The van der Waals surface area contributed by atoms with Gasteiger partial charge in [-0.2, -0.15) is 0 Å². The number of benzene rings is 1. The number of nitrogens with zero attached hydrogens (tertiary/aromatic N) is 1. The molecule has 0 amide bonds. The molecule has 3 nitrogen and oxygen atoms in total. The van der Waals surface area contributed by atoms with Crippen LogP contribution in [0.2, 0.25) is 0 Å². The smallest absolute Gasteiger partial charge is 0.125 e. The molecule has 1 aromatic carbocycles. The number of aliphatic hydroxyl groups is 1. The molecule has 0 aliphatic carbocycles. The Bertz CT molecular complexity index is 417. The van der Waals surface area contributed by atoms with Gasteiger partial charge >= 0.3 is 0 Å². The lowest BCUT2D eigenvalue weighted by Gasteiger charge is -2.43. The van der Waals surface area contributed by atoms with Crippen molar-refractivity contribution in [3.63, 3.8) is 0 Å². The van der Waals surface area contributed by atoms with Gasteiger partial charge in [0.25, 0.3) is 0 Å². The second kappa shape index (κ2) is 8.40. The Morgan fingerprint density at radius 3 is 2.29 bits per heavy atom. The fourth-order valence-electron chi connectivity index (χ4n) is 2.92. The Balaban J connectivity index is 3.12. The van der Waals surface area contributed by atoms with Crippen LogP contribution in [0.25, 0.3) is 0 Å². The molecule has 2 atom stereocenters. The molecule has 21 heavy (non-hydrogen) atoms. The lowest BCUT2D eigenvalue weighted by atomic mass is 9.84. The molecule has 0 aliphatic rings. The van der Waals surface area contributed by atoms with E-state index in [1.54, 1.807) is 0 Å². The maximum absolute atomic E-state index is 11.0. The first-order valence-electron chi connectivity index (χ1n) is 8.19. The van der Waals surface area contributed by atoms with Crippen LogP contribution < -0.4 is 4.74 Å². The van der Waals surface area contributed by atoms with Gasteiger partial charge in [0.2, 0.25) is 0 Å². The van der Waals surface area contributed by atoms with Gasteiger partial charge in [0.1, 0.15) is 11.9 Å². The van der Waals surface area contributed by atoms with Crippen molar-refractivity contribution in [3.05, 3.63) is 29.8 Å². The molecule has 0 aliphatic heterocycles. The minimum atomic E-state index is -0.560. The Morgan fingerprint density at radius 1 is 1.14 bits per heavy atom. The zero-order chi connectivity index (χ0) is 15.9. The van der Waals surface area contributed by atoms with E-state index in [9.17, 15) is 5.11 Å². The molecule has 0 aromatic heterocycles. The van der Waals surface area contributed by atoms with E-state index in [0.717, 1.165) is 37.2 Å². The largest absolute Gasteiger partial charge is 0.493 e. The fourth-order valence-corrected chi connectivity index (χ4v) is 2.92. The molecule has 0 saturated carbocycles. The maximum Gasteiger partial charge on any atom is 0.125 e. The summed E-state index contributed by atoms with van der Waals surface area (Å²) in [7, 11) is 0. The van der Waals surface area contributed by atoms with Gasteiger partial charge in [-0.15, -0.1) is 0 Å². The van der Waals surface area contributed by atoms with E-state index in [1.165, 1.54) is 0 Å². The summed E-state index contributed by atoms with van der Waals surface area (Å²) >= 11 is 0. The Morgan fingerprint density at radius 2 is 1.76 bits per heavy atom. The van der Waals surface area contributed by atoms with Crippen LogP contribution in [0.3, 0.4) is 0 Å². The summed E-state index contributed by atoms with van der Waals surface area (Å²) in [6.07, 6.45) is 1.29. The first-order valence-corrected chi connectivity index (χ1v) is 8.19. The van der Waals surface area contributed by atoms with Crippen molar-refractivity contribution in [3.8, 4) is 5.75 Å². The van der Waals surface area contributed by atoms with E-state index in [-0.39, 0.29) is 5.54 Å². The van der Waals surface area contributed by atoms with Crippen LogP contribution in [-0.4, -0.2) is 35.2 Å². The van der Waals surface area contributed by atoms with Gasteiger partial charge in [0.15, 0.2) is 0 Å². The number of ether oxygens (including phenoxy) is 1. The summed E-state index contributed by atoms with van der Waals surface area (Å²) < 4.78 is 5.82. The molecule has 1 aromatic rings. The fraction of sp³-hybridized carbons (Fsp3) is 0.667. The molecule has 2 unspecified atom stereocenters. The molecule has 120 valence electrons. The van der Waals surface area contributed by atoms with Crippen LogP contribution in [0.4, 0.5) is 0 Å². The molecule has 3 heteroatoms. The quantitative estimate of drug-likeness (QED) is 0.746. The number of likely N-dealkylation sites (N-methyl/N-ethyl adjacent to an activating group) is 1. The van der Waals surface area contributed by atoms with Gasteiger partial charge < -0.3 is 9.84 Å². The Hall–Kier alpha value is -1.06. The van der Waals surface area contributed by atoms with Crippen LogP contribution in [0.15, 0.2) is 24.3 Å². The second-order valence-electron chi connectivity index (χ2n) is 5.67. The average molecular weight is 293 g/mol. The molecule has 1 rings (SSSR count). The van der Waals surface area contributed by atoms with Crippen molar-refractivity contribution in [2.45, 2.75) is 59.1 Å². The van der Waals surface area contributed by atoms with Crippen molar-refractivity contribution < 1.29 is 9.84 Å². The molecule has 0 radical (unpaired) electrons. The number of aliphatic hydroxyl groups excluding tert-OH is 1. The van der Waals surface area contributed by atoms with Crippen LogP contribution in [0.1, 0.15) is 59.1 Å². The lowest BCUT2D eigenvalue weighted by Crippen LogP contribution is -2.50. The van der Waals surface area contributed by atoms with Crippen LogP contribution in [-0.2, 0) is 0 Å². The van der Waals surface area contributed by atoms with E-state index in [1.807, 2.05) is 24.3 Å². The highest BCUT2D eigenvalue weighted by atomic mass is 16.5. The maximum atomic E-state index is 11.0. The van der Waals surface area contributed by atoms with E-state index >= 15 is 0 Å². The number of rotatable bonds is 9. The van der Waals surface area contributed by atoms with E-state index in [2.05, 4.69) is 39.5 Å². The van der Waals surface area contributed by atoms with Gasteiger partial charge in [0.05, 0.1) is 6.61 Å². The molecule has 0 heterocycles. The molecule has 0 saturated heterocycles. The predicted molar refractivity (Wildman–Crippen MR) is 88.8 cm³/mol. The third-order valence-electron chi connectivity index (χ3n) is 4.47. The Labute approximate surface area is 129 Å². The second-order valence-corrected chi connectivity index (χ2v) is 5.67. The van der Waals surface area contributed by atoms with E-state index < -0.39 is 6.10 Å². The van der Waals surface area contributed by atoms with Crippen molar-refractivity contribution >= 4 is 0 Å². The van der Waals surface area contributed by atoms with Crippen LogP contribution in [0.5, 0.6) is 5.75 Å². The van der Waals surface area contributed by atoms with Crippen molar-refractivity contribution in [1.29, 1.82) is 0 Å². The standard InChI is InChI=1S/C18H31NO2/c1-6-14-21-16-13-11-10-12-15(16)17(20)18(5,7-2)19(8-3)9-4/h10-13,17,20H,6-9,14H2,1-5H3. The summed E-state index contributed by atoms with van der Waals surface area (Å²) in [6.45, 7) is 13.2. The van der Waals surface area contributed by atoms with Crippen molar-refractivity contribution in [1.82, 2.24) is 4.90 Å². The van der Waals surface area contributed by atoms with Gasteiger partial charge in [-0.25, -0.2) is 0 Å². The summed E-state index contributed by atoms with van der Waals surface area (Å²) in [6, 6.07) is 7.86. The summed E-state index contributed by atoms with van der Waals surface area (Å²) in [5, 5.41) is 11.0. The highest BCUT2D eigenvalue weighted by Crippen LogP contribution is 2.38. The number of hydrogen-bond acceptors (Lipinski definition) is 3. The highest BCUT2D eigenvalue weighted by molar-refractivity contribution is 5.36. The van der Waals surface area contributed by atoms with Gasteiger partial charge in [0, 0.05) is 11.1 Å². The monoisotopic (exact) mass is 293 g/mol. The van der Waals surface area contributed by atoms with Crippen molar-refractivity contribution in [2.24, 2.45) is 0 Å². The van der Waals surface area contributed by atoms with Gasteiger partial charge in [-0.1, -0.05) is 45.9 Å². The predicted octanol–water partition coefficient (Wildman–Crippen LogP) is 4.02. The first kappa shape index (κ1) is 18.0. The molecular weight excluding hydrogens is 262 g/mol. The molecule has 0 spiro atoms. The third-order valence-corrected chi connectivity index (χ3v) is 4.47. The van der Waals surface area contributed by atoms with Crippen LogP contribution >= 0.6 is 0 Å². The SMILES string of the molecule is CCCOc1ccccc1C(O)C(C)(CC)N(CC)CC. The number of hydrogen-bond donors (Lipinski definition) is 1. The van der Waals surface area contributed by atoms with E-state index in [0.29, 0.717) is 6.61 Å². The van der Waals surface area contributed by atoms with Gasteiger partial charge in [-0.3, -0.25) is 4.90 Å². The molecule has 0 bridgehead atoms. The summed E-state index contributed by atoms with van der Waals surface area (Å²) in [4.78, 5) is 2.33. The van der Waals surface area contributed by atoms with Crippen LogP contribution in [0, 0.1) is 0 Å². The first-order chi connectivity index (χ1) is 10.0. The van der Waals surface area contributed by atoms with Gasteiger partial charge in [-0.05, 0) is 38.9 Å². The molecule has 0 fully saturated rings. The van der Waals surface area contributed by atoms with E-state index in [4.69, 9.17) is 4.74 Å². The summed E-state index contributed by atoms with van der Waals surface area (Å²) in [5.41, 5.74) is 0.608. The summed E-state index contributed by atoms with van der Waals surface area (Å²) in [5.74, 6) is 0.804. The number of para-hydroxylation sites is 1. The zero-order valence-corrected chi connectivity index (χ0v) is 14.2. The minimum absolute atomic E-state index is 0.283. The lowest BCUT2D eigenvalue weighted by molar-refractivity contribution is -0.0226. The minimum Gasteiger partial charge on any atom is -0.493 e. The molecule has 1 N–H and O–H groups in total. The third kappa shape index (κ3) is 3.98. The topological polar surface area (TPSA) is 32.7 Å². The average Bonchev–Trinajstić information content (AvgIpc) is 2.53. The zero-order valence-electron chi connectivity index (χ0n) is 14.2. The Kier molecular flexibility index (Phi) is 7.20. The normalized spacial score (nSPS) is 15.8. The molecular formula is C18H31NO2. The highest BCUT2D eigenvalue weighted by Gasteiger charge is 2.38.